The molecule has 7 nitrogen and oxygen atoms in total. The minimum atomic E-state index is 0.477. The monoisotopic (exact) mass is 236 g/mol. The highest BCUT2D eigenvalue weighted by atomic mass is 16.5. The third-order valence-electron chi connectivity index (χ3n) is 2.26. The Morgan fingerprint density at radius 1 is 1.41 bits per heavy atom. The fourth-order valence-corrected chi connectivity index (χ4v) is 1.49. The van der Waals surface area contributed by atoms with Crippen LogP contribution in [0.3, 0.4) is 0 Å². The van der Waals surface area contributed by atoms with Gasteiger partial charge in [-0.3, -0.25) is 0 Å². The number of hydrogen-bond acceptors (Lipinski definition) is 6. The molecule has 0 spiro atoms. The Balaban J connectivity index is 1.98. The molecule has 2 rings (SSSR count). The van der Waals surface area contributed by atoms with E-state index in [4.69, 9.17) is 10.3 Å². The molecule has 0 aliphatic heterocycles. The predicted molar refractivity (Wildman–Crippen MR) is 60.2 cm³/mol. The van der Waals surface area contributed by atoms with Gasteiger partial charge in [-0.1, -0.05) is 17.3 Å². The van der Waals surface area contributed by atoms with Gasteiger partial charge in [-0.15, -0.1) is 5.10 Å². The molecule has 0 radical (unpaired) electrons. The fourth-order valence-electron chi connectivity index (χ4n) is 1.49. The molecule has 0 atom stereocenters. The maximum Gasteiger partial charge on any atom is 0.226 e. The molecule has 0 saturated carbocycles. The Morgan fingerprint density at radius 2 is 2.29 bits per heavy atom. The van der Waals surface area contributed by atoms with E-state index < -0.39 is 0 Å². The van der Waals surface area contributed by atoms with E-state index in [1.165, 1.54) is 0 Å². The van der Waals surface area contributed by atoms with E-state index in [0.29, 0.717) is 24.8 Å². The van der Waals surface area contributed by atoms with Crippen molar-refractivity contribution in [3.8, 4) is 0 Å². The highest BCUT2D eigenvalue weighted by Gasteiger charge is 2.07. The molecule has 0 aromatic carbocycles. The molecule has 0 fully saturated rings. The summed E-state index contributed by atoms with van der Waals surface area (Å²) in [5.41, 5.74) is 6.32. The van der Waals surface area contributed by atoms with Crippen molar-refractivity contribution in [3.63, 3.8) is 0 Å². The Kier molecular flexibility index (Phi) is 3.81. The van der Waals surface area contributed by atoms with E-state index in [0.717, 1.165) is 25.0 Å². The third kappa shape index (κ3) is 3.10. The molecule has 0 saturated heterocycles. The molecule has 92 valence electrons. The van der Waals surface area contributed by atoms with E-state index in [1.54, 1.807) is 4.68 Å². The lowest BCUT2D eigenvalue weighted by molar-refractivity contribution is 0.370. The first-order chi connectivity index (χ1) is 8.31. The van der Waals surface area contributed by atoms with E-state index in [2.05, 4.69) is 27.4 Å². The van der Waals surface area contributed by atoms with Crippen LogP contribution in [0.4, 0.5) is 0 Å². The second-order valence-corrected chi connectivity index (χ2v) is 3.80. The van der Waals surface area contributed by atoms with Crippen molar-refractivity contribution in [3.05, 3.63) is 23.6 Å². The van der Waals surface area contributed by atoms with Gasteiger partial charge in [-0.2, -0.15) is 4.98 Å². The summed E-state index contributed by atoms with van der Waals surface area (Å²) in [5, 5.41) is 11.9. The Labute approximate surface area is 99.0 Å². The highest BCUT2D eigenvalue weighted by molar-refractivity contribution is 4.95. The van der Waals surface area contributed by atoms with Crippen molar-refractivity contribution >= 4 is 0 Å². The average Bonchev–Trinajstić information content (AvgIpc) is 2.91. The Bertz CT molecular complexity index is 421. The summed E-state index contributed by atoms with van der Waals surface area (Å²) >= 11 is 0. The molecular weight excluding hydrogens is 220 g/mol. The zero-order chi connectivity index (χ0) is 12.1. The lowest BCUT2D eigenvalue weighted by atomic mass is 10.3. The largest absolute Gasteiger partial charge is 0.339 e. The van der Waals surface area contributed by atoms with Crippen LogP contribution in [0.5, 0.6) is 0 Å². The predicted octanol–water partition coefficient (Wildman–Crippen LogP) is 0.163. The van der Waals surface area contributed by atoms with Crippen LogP contribution in [-0.4, -0.2) is 31.7 Å². The Hall–Kier alpha value is -1.76. The van der Waals surface area contributed by atoms with Crippen molar-refractivity contribution in [2.24, 2.45) is 5.73 Å². The first-order valence-electron chi connectivity index (χ1n) is 5.72. The summed E-state index contributed by atoms with van der Waals surface area (Å²) < 4.78 is 6.78. The van der Waals surface area contributed by atoms with Crippen LogP contribution in [0.1, 0.15) is 30.8 Å². The second kappa shape index (κ2) is 5.53. The van der Waals surface area contributed by atoms with Crippen LogP contribution >= 0.6 is 0 Å². The van der Waals surface area contributed by atoms with Gasteiger partial charge < -0.3 is 10.3 Å². The molecular formula is C10H16N6O. The van der Waals surface area contributed by atoms with Crippen LogP contribution < -0.4 is 5.73 Å². The van der Waals surface area contributed by atoms with Gasteiger partial charge in [-0.25, -0.2) is 4.68 Å². The zero-order valence-corrected chi connectivity index (χ0v) is 9.83. The van der Waals surface area contributed by atoms with Crippen molar-refractivity contribution < 1.29 is 4.52 Å². The van der Waals surface area contributed by atoms with Gasteiger partial charge in [0.15, 0.2) is 5.82 Å². The summed E-state index contributed by atoms with van der Waals surface area (Å²) in [7, 11) is 0. The molecule has 2 N–H and O–H groups in total. The van der Waals surface area contributed by atoms with Gasteiger partial charge in [0.05, 0.1) is 5.69 Å². The average molecular weight is 236 g/mol. The van der Waals surface area contributed by atoms with Crippen molar-refractivity contribution in [1.82, 2.24) is 25.1 Å². The van der Waals surface area contributed by atoms with Gasteiger partial charge >= 0.3 is 0 Å². The fraction of sp³-hybridized carbons (Fsp3) is 0.600. The van der Waals surface area contributed by atoms with E-state index in [-0.39, 0.29) is 0 Å². The molecule has 0 bridgehead atoms. The first-order valence-corrected chi connectivity index (χ1v) is 5.72. The lowest BCUT2D eigenvalue weighted by Gasteiger charge is -1.92. The molecule has 2 aromatic rings. The van der Waals surface area contributed by atoms with Crippen molar-refractivity contribution in [2.75, 3.05) is 6.54 Å². The van der Waals surface area contributed by atoms with Crippen LogP contribution in [0.2, 0.25) is 0 Å². The first kappa shape index (κ1) is 11.7. The van der Waals surface area contributed by atoms with Crippen LogP contribution in [-0.2, 0) is 19.4 Å². The normalized spacial score (nSPS) is 10.9. The number of hydrogen-bond donors (Lipinski definition) is 1. The molecule has 0 amide bonds. The number of aromatic nitrogens is 5. The van der Waals surface area contributed by atoms with Gasteiger partial charge in [0.1, 0.15) is 6.54 Å². The van der Waals surface area contributed by atoms with Gasteiger partial charge in [0.25, 0.3) is 0 Å². The van der Waals surface area contributed by atoms with Crippen LogP contribution in [0, 0.1) is 0 Å². The SMILES string of the molecule is CCCc1nc(Cn2cc(CCN)nn2)no1. The number of rotatable bonds is 6. The summed E-state index contributed by atoms with van der Waals surface area (Å²) in [6, 6.07) is 0. The Morgan fingerprint density at radius 3 is 3.06 bits per heavy atom. The number of aryl methyl sites for hydroxylation is 1. The van der Waals surface area contributed by atoms with Gasteiger partial charge in [-0.05, 0) is 13.0 Å². The molecule has 0 unspecified atom stereocenters. The van der Waals surface area contributed by atoms with E-state index >= 15 is 0 Å². The summed E-state index contributed by atoms with van der Waals surface area (Å²) in [6.45, 7) is 3.12. The maximum atomic E-state index is 5.44. The summed E-state index contributed by atoms with van der Waals surface area (Å²) in [4.78, 5) is 4.26. The second-order valence-electron chi connectivity index (χ2n) is 3.80. The van der Waals surface area contributed by atoms with Crippen molar-refractivity contribution in [1.29, 1.82) is 0 Å². The van der Waals surface area contributed by atoms with Gasteiger partial charge in [0.2, 0.25) is 5.89 Å². The minimum Gasteiger partial charge on any atom is -0.339 e. The summed E-state index contributed by atoms with van der Waals surface area (Å²) in [5.74, 6) is 1.29. The van der Waals surface area contributed by atoms with Crippen LogP contribution in [0.25, 0.3) is 0 Å². The molecule has 2 heterocycles. The maximum absolute atomic E-state index is 5.44. The standard InChI is InChI=1S/C10H16N6O/c1-2-3-10-12-9(14-17-10)7-16-6-8(4-5-11)13-15-16/h6H,2-5,7,11H2,1H3. The topological polar surface area (TPSA) is 95.7 Å². The number of nitrogens with zero attached hydrogens (tertiary/aromatic N) is 5. The van der Waals surface area contributed by atoms with Gasteiger partial charge in [0, 0.05) is 19.0 Å². The summed E-state index contributed by atoms with van der Waals surface area (Å²) in [6.07, 6.45) is 4.38. The molecule has 2 aromatic heterocycles. The smallest absolute Gasteiger partial charge is 0.226 e. The lowest BCUT2D eigenvalue weighted by Crippen LogP contribution is -2.03. The highest BCUT2D eigenvalue weighted by Crippen LogP contribution is 2.02. The molecule has 17 heavy (non-hydrogen) atoms. The molecule has 0 aliphatic rings. The van der Waals surface area contributed by atoms with Crippen LogP contribution in [0.15, 0.2) is 10.7 Å². The van der Waals surface area contributed by atoms with Crippen molar-refractivity contribution in [2.45, 2.75) is 32.7 Å². The zero-order valence-electron chi connectivity index (χ0n) is 9.83. The van der Waals surface area contributed by atoms with E-state index in [1.807, 2.05) is 6.20 Å². The third-order valence-corrected chi connectivity index (χ3v) is 2.26. The van der Waals surface area contributed by atoms with E-state index in [9.17, 15) is 0 Å². The minimum absolute atomic E-state index is 0.477. The molecule has 7 heteroatoms. The molecule has 0 aliphatic carbocycles. The quantitative estimate of drug-likeness (QED) is 0.767. The number of nitrogens with two attached hydrogens (primary N) is 1.